The fourth-order valence-corrected chi connectivity index (χ4v) is 1.67. The van der Waals surface area contributed by atoms with Gasteiger partial charge in [0.2, 0.25) is 0 Å². The van der Waals surface area contributed by atoms with Crippen LogP contribution in [0, 0.1) is 5.92 Å². The van der Waals surface area contributed by atoms with Crippen LogP contribution in [0.5, 0.6) is 0 Å². The largest absolute Gasteiger partial charge is 0.296 e. The van der Waals surface area contributed by atoms with E-state index in [0.29, 0.717) is 11.6 Å². The number of rotatable bonds is 4. The minimum absolute atomic E-state index is 0.454. The molecule has 0 fully saturated rings. The predicted molar refractivity (Wildman–Crippen MR) is 65.7 cm³/mol. The monoisotopic (exact) mass is 229 g/mol. The summed E-state index contributed by atoms with van der Waals surface area (Å²) in [5.41, 5.74) is 2.33. The molecule has 0 amide bonds. The summed E-state index contributed by atoms with van der Waals surface area (Å²) in [6.07, 6.45) is 4.31. The summed E-state index contributed by atoms with van der Waals surface area (Å²) in [4.78, 5) is 15.0. The number of carbonyl (C=O) groups is 1. The number of pyridine rings is 1. The first kappa shape index (κ1) is 11.5. The molecule has 2 aromatic heterocycles. The van der Waals surface area contributed by atoms with Crippen LogP contribution in [0.25, 0.3) is 11.3 Å². The topological polar surface area (TPSA) is 47.8 Å². The highest BCUT2D eigenvalue weighted by Crippen LogP contribution is 2.17. The van der Waals surface area contributed by atoms with Gasteiger partial charge in [0.25, 0.3) is 0 Å². The summed E-state index contributed by atoms with van der Waals surface area (Å²) in [7, 11) is 0. The lowest BCUT2D eigenvalue weighted by molar-refractivity contribution is 0.111. The van der Waals surface area contributed by atoms with Gasteiger partial charge in [-0.25, -0.2) is 0 Å². The molecule has 17 heavy (non-hydrogen) atoms. The molecule has 0 spiro atoms. The van der Waals surface area contributed by atoms with Gasteiger partial charge in [0, 0.05) is 24.5 Å². The predicted octanol–water partition coefficient (Wildman–Crippen LogP) is 2.41. The second kappa shape index (κ2) is 4.91. The summed E-state index contributed by atoms with van der Waals surface area (Å²) in [5, 5.41) is 4.44. The minimum atomic E-state index is 0.454. The Kier molecular flexibility index (Phi) is 3.32. The molecule has 88 valence electrons. The second-order valence-electron chi connectivity index (χ2n) is 4.39. The van der Waals surface area contributed by atoms with E-state index in [4.69, 9.17) is 0 Å². The fourth-order valence-electron chi connectivity index (χ4n) is 1.67. The Bertz CT molecular complexity index is 503. The molecular weight excluding hydrogens is 214 g/mol. The summed E-state index contributed by atoms with van der Waals surface area (Å²) in [5.74, 6) is 0.454. The summed E-state index contributed by atoms with van der Waals surface area (Å²) >= 11 is 0. The summed E-state index contributed by atoms with van der Waals surface area (Å²) in [6, 6.07) is 5.59. The zero-order valence-corrected chi connectivity index (χ0v) is 10.00. The Morgan fingerprint density at radius 2 is 2.29 bits per heavy atom. The van der Waals surface area contributed by atoms with Crippen LogP contribution in [0.15, 0.2) is 30.6 Å². The van der Waals surface area contributed by atoms with Crippen molar-refractivity contribution in [1.29, 1.82) is 0 Å². The van der Waals surface area contributed by atoms with Crippen LogP contribution in [0.4, 0.5) is 0 Å². The average Bonchev–Trinajstić information content (AvgIpc) is 2.72. The van der Waals surface area contributed by atoms with Crippen LogP contribution in [-0.2, 0) is 6.54 Å². The molecule has 4 nitrogen and oxygen atoms in total. The van der Waals surface area contributed by atoms with Crippen molar-refractivity contribution in [2.24, 2.45) is 5.92 Å². The molecule has 4 heteroatoms. The molecule has 0 radical (unpaired) electrons. The molecule has 0 aliphatic carbocycles. The quantitative estimate of drug-likeness (QED) is 0.756. The molecule has 0 aliphatic heterocycles. The third-order valence-electron chi connectivity index (χ3n) is 2.43. The molecule has 0 aliphatic rings. The lowest BCUT2D eigenvalue weighted by Crippen LogP contribution is -2.09. The first-order valence-corrected chi connectivity index (χ1v) is 5.64. The van der Waals surface area contributed by atoms with Gasteiger partial charge < -0.3 is 0 Å². The van der Waals surface area contributed by atoms with Gasteiger partial charge in [0.15, 0.2) is 6.29 Å². The maximum atomic E-state index is 11.0. The van der Waals surface area contributed by atoms with E-state index in [1.54, 1.807) is 23.1 Å². The zero-order chi connectivity index (χ0) is 12.3. The standard InChI is InChI=1S/C13H15N3O/c1-10(2)8-16-12(9-17)6-13(15-16)11-4-3-5-14-7-11/h3-7,9-10H,8H2,1-2H3. The van der Waals surface area contributed by atoms with Crippen LogP contribution in [0.1, 0.15) is 24.3 Å². The third kappa shape index (κ3) is 2.58. The minimum Gasteiger partial charge on any atom is -0.296 e. The first-order chi connectivity index (χ1) is 8.20. The average molecular weight is 229 g/mol. The van der Waals surface area contributed by atoms with Crippen molar-refractivity contribution in [2.45, 2.75) is 20.4 Å². The van der Waals surface area contributed by atoms with E-state index in [2.05, 4.69) is 23.9 Å². The van der Waals surface area contributed by atoms with E-state index < -0.39 is 0 Å². The molecule has 2 rings (SSSR count). The Morgan fingerprint density at radius 1 is 1.47 bits per heavy atom. The normalized spacial score (nSPS) is 10.8. The van der Waals surface area contributed by atoms with E-state index in [1.807, 2.05) is 12.1 Å². The van der Waals surface area contributed by atoms with Gasteiger partial charge in [0.1, 0.15) is 5.69 Å². The molecule has 2 heterocycles. The number of hydrogen-bond acceptors (Lipinski definition) is 3. The fraction of sp³-hybridized carbons (Fsp3) is 0.308. The van der Waals surface area contributed by atoms with Crippen LogP contribution in [-0.4, -0.2) is 21.1 Å². The lowest BCUT2D eigenvalue weighted by atomic mass is 10.2. The van der Waals surface area contributed by atoms with Gasteiger partial charge in [-0.15, -0.1) is 0 Å². The van der Waals surface area contributed by atoms with Crippen LogP contribution < -0.4 is 0 Å². The Morgan fingerprint density at radius 3 is 2.88 bits per heavy atom. The SMILES string of the molecule is CC(C)Cn1nc(-c2cccnc2)cc1C=O. The molecule has 0 N–H and O–H groups in total. The molecule has 0 aromatic carbocycles. The van der Waals surface area contributed by atoms with Crippen molar-refractivity contribution in [1.82, 2.24) is 14.8 Å². The van der Waals surface area contributed by atoms with E-state index in [1.165, 1.54) is 0 Å². The van der Waals surface area contributed by atoms with Crippen molar-refractivity contribution in [3.63, 3.8) is 0 Å². The Balaban J connectivity index is 2.37. The van der Waals surface area contributed by atoms with Crippen LogP contribution in [0.3, 0.4) is 0 Å². The molecule has 0 saturated heterocycles. The number of nitrogens with zero attached hydrogens (tertiary/aromatic N) is 3. The molecule has 0 saturated carbocycles. The maximum Gasteiger partial charge on any atom is 0.168 e. The van der Waals surface area contributed by atoms with E-state index in [0.717, 1.165) is 24.1 Å². The molecule has 0 atom stereocenters. The first-order valence-electron chi connectivity index (χ1n) is 5.64. The van der Waals surface area contributed by atoms with Crippen molar-refractivity contribution in [2.75, 3.05) is 0 Å². The number of hydrogen-bond donors (Lipinski definition) is 0. The highest BCUT2D eigenvalue weighted by molar-refractivity contribution is 5.75. The van der Waals surface area contributed by atoms with Crippen LogP contribution >= 0.6 is 0 Å². The molecule has 0 bridgehead atoms. The molecule has 0 unspecified atom stereocenters. The Hall–Kier alpha value is -1.97. The summed E-state index contributed by atoms with van der Waals surface area (Å²) < 4.78 is 1.75. The molecular formula is C13H15N3O. The van der Waals surface area contributed by atoms with Gasteiger partial charge in [-0.05, 0) is 24.1 Å². The maximum absolute atomic E-state index is 11.0. The van der Waals surface area contributed by atoms with Crippen molar-refractivity contribution >= 4 is 6.29 Å². The van der Waals surface area contributed by atoms with Gasteiger partial charge in [-0.1, -0.05) is 13.8 Å². The van der Waals surface area contributed by atoms with Crippen LogP contribution in [0.2, 0.25) is 0 Å². The number of carbonyl (C=O) groups excluding carboxylic acids is 1. The van der Waals surface area contributed by atoms with Gasteiger partial charge >= 0.3 is 0 Å². The molecule has 2 aromatic rings. The highest BCUT2D eigenvalue weighted by atomic mass is 16.1. The van der Waals surface area contributed by atoms with E-state index in [9.17, 15) is 4.79 Å². The second-order valence-corrected chi connectivity index (χ2v) is 4.39. The summed E-state index contributed by atoms with van der Waals surface area (Å²) in [6.45, 7) is 4.94. The van der Waals surface area contributed by atoms with Gasteiger partial charge in [-0.2, -0.15) is 5.10 Å². The Labute approximate surface area is 100 Å². The zero-order valence-electron chi connectivity index (χ0n) is 10.00. The highest BCUT2D eigenvalue weighted by Gasteiger charge is 2.09. The number of aromatic nitrogens is 3. The number of aldehydes is 1. The van der Waals surface area contributed by atoms with E-state index in [-0.39, 0.29) is 0 Å². The van der Waals surface area contributed by atoms with Crippen molar-refractivity contribution in [3.05, 3.63) is 36.3 Å². The smallest absolute Gasteiger partial charge is 0.168 e. The van der Waals surface area contributed by atoms with E-state index >= 15 is 0 Å². The van der Waals surface area contributed by atoms with Gasteiger partial charge in [-0.3, -0.25) is 14.5 Å². The van der Waals surface area contributed by atoms with Crippen molar-refractivity contribution in [3.8, 4) is 11.3 Å². The van der Waals surface area contributed by atoms with Crippen molar-refractivity contribution < 1.29 is 4.79 Å². The lowest BCUT2D eigenvalue weighted by Gasteiger charge is -2.05. The van der Waals surface area contributed by atoms with Gasteiger partial charge in [0.05, 0.1) is 5.69 Å². The third-order valence-corrected chi connectivity index (χ3v) is 2.43.